The van der Waals surface area contributed by atoms with E-state index >= 15 is 0 Å². The lowest BCUT2D eigenvalue weighted by molar-refractivity contribution is -0.125. The van der Waals surface area contributed by atoms with E-state index in [1.807, 2.05) is 24.3 Å². The van der Waals surface area contributed by atoms with Gasteiger partial charge in [-0.05, 0) is 42.3 Å². The molecule has 8 nitrogen and oxygen atoms in total. The van der Waals surface area contributed by atoms with E-state index in [1.165, 1.54) is 23.9 Å². The first-order valence-electron chi connectivity index (χ1n) is 9.81. The van der Waals surface area contributed by atoms with Crippen molar-refractivity contribution in [3.63, 3.8) is 0 Å². The molecule has 0 aromatic heterocycles. The van der Waals surface area contributed by atoms with Crippen LogP contribution in [0.4, 0.5) is 10.1 Å². The molecule has 3 atom stereocenters. The minimum atomic E-state index is -1.00. The summed E-state index contributed by atoms with van der Waals surface area (Å²) < 4.78 is 13.0. The van der Waals surface area contributed by atoms with Crippen molar-refractivity contribution in [2.24, 2.45) is 5.73 Å². The highest BCUT2D eigenvalue weighted by molar-refractivity contribution is 8.00. The first-order valence-corrected chi connectivity index (χ1v) is 10.9. The van der Waals surface area contributed by atoms with E-state index in [9.17, 15) is 18.8 Å². The van der Waals surface area contributed by atoms with Crippen LogP contribution in [0.25, 0.3) is 0 Å². The summed E-state index contributed by atoms with van der Waals surface area (Å²) in [5, 5.41) is 8.26. The number of benzene rings is 2. The van der Waals surface area contributed by atoms with Crippen LogP contribution in [0, 0.1) is 5.82 Å². The van der Waals surface area contributed by atoms with Crippen molar-refractivity contribution < 1.29 is 18.8 Å². The fourth-order valence-corrected chi connectivity index (χ4v) is 4.51. The molecule has 0 aliphatic carbocycles. The number of hydrogen-bond acceptors (Lipinski definition) is 6. The van der Waals surface area contributed by atoms with Crippen LogP contribution in [0.2, 0.25) is 0 Å². The maximum absolute atomic E-state index is 13.0. The van der Waals surface area contributed by atoms with E-state index in [0.29, 0.717) is 6.54 Å². The third kappa shape index (κ3) is 4.71. The number of rotatable bonds is 5. The van der Waals surface area contributed by atoms with Crippen molar-refractivity contribution >= 4 is 35.2 Å². The lowest BCUT2D eigenvalue weighted by Crippen LogP contribution is -2.70. The highest BCUT2D eigenvalue weighted by Crippen LogP contribution is 2.28. The van der Waals surface area contributed by atoms with Crippen LogP contribution < -0.4 is 26.6 Å². The highest BCUT2D eigenvalue weighted by Gasteiger charge is 2.36. The predicted octanol–water partition coefficient (Wildman–Crippen LogP) is 0.534. The minimum Gasteiger partial charge on any atom is -0.338 e. The van der Waals surface area contributed by atoms with Crippen molar-refractivity contribution in [2.75, 3.05) is 17.2 Å². The van der Waals surface area contributed by atoms with E-state index in [4.69, 9.17) is 5.73 Å². The number of thioether (sulfide) groups is 1. The molecule has 5 N–H and O–H groups in total. The first kappa shape index (κ1) is 21.3. The molecule has 1 fully saturated rings. The number of nitrogens with two attached hydrogens (primary N) is 1. The van der Waals surface area contributed by atoms with Gasteiger partial charge in [-0.25, -0.2) is 4.39 Å². The molecule has 4 rings (SSSR count). The Kier molecular flexibility index (Phi) is 6.21. The molecule has 2 aromatic carbocycles. The zero-order chi connectivity index (χ0) is 22.0. The van der Waals surface area contributed by atoms with Crippen LogP contribution >= 0.6 is 11.8 Å². The van der Waals surface area contributed by atoms with Crippen LogP contribution in [0.5, 0.6) is 0 Å². The van der Waals surface area contributed by atoms with Gasteiger partial charge in [0.1, 0.15) is 17.4 Å². The van der Waals surface area contributed by atoms with Crippen LogP contribution in [0.15, 0.2) is 48.5 Å². The van der Waals surface area contributed by atoms with E-state index in [2.05, 4.69) is 16.0 Å². The predicted molar refractivity (Wildman–Crippen MR) is 116 cm³/mol. The third-order valence-corrected chi connectivity index (χ3v) is 6.21. The Balaban J connectivity index is 1.30. The second-order valence-electron chi connectivity index (χ2n) is 7.27. The summed E-state index contributed by atoms with van der Waals surface area (Å²) in [6, 6.07) is 11.8. The lowest BCUT2D eigenvalue weighted by Gasteiger charge is -2.35. The topological polar surface area (TPSA) is 117 Å². The Morgan fingerprint density at radius 2 is 1.94 bits per heavy atom. The fraction of sp³-hybridized carbons (Fsp3) is 0.286. The zero-order valence-electron chi connectivity index (χ0n) is 16.5. The molecular formula is C21H22FN5O3S. The number of nitrogens with zero attached hydrogens (tertiary/aromatic N) is 1. The van der Waals surface area contributed by atoms with Gasteiger partial charge in [0.2, 0.25) is 11.8 Å². The SMILES string of the molecule is NC1NC(SCC(=O)N2CCc3ccccc32)NC(=O)C1NC(=O)c1ccc(F)cc1. The summed E-state index contributed by atoms with van der Waals surface area (Å²) in [5.74, 6) is -1.35. The average Bonchev–Trinajstić information content (AvgIpc) is 3.19. The van der Waals surface area contributed by atoms with E-state index < -0.39 is 35.3 Å². The summed E-state index contributed by atoms with van der Waals surface area (Å²) in [6.45, 7) is 0.639. The molecule has 0 radical (unpaired) electrons. The van der Waals surface area contributed by atoms with Gasteiger partial charge in [-0.3, -0.25) is 19.7 Å². The highest BCUT2D eigenvalue weighted by atomic mass is 32.2. The van der Waals surface area contributed by atoms with Crippen molar-refractivity contribution in [3.05, 3.63) is 65.5 Å². The van der Waals surface area contributed by atoms with Crippen molar-refractivity contribution in [1.29, 1.82) is 0 Å². The monoisotopic (exact) mass is 443 g/mol. The van der Waals surface area contributed by atoms with Gasteiger partial charge in [0, 0.05) is 17.8 Å². The molecule has 0 saturated carbocycles. The Bertz CT molecular complexity index is 1000. The van der Waals surface area contributed by atoms with Crippen molar-refractivity contribution in [1.82, 2.24) is 16.0 Å². The van der Waals surface area contributed by atoms with Gasteiger partial charge in [-0.2, -0.15) is 0 Å². The largest absolute Gasteiger partial charge is 0.338 e. The number of halogens is 1. The number of nitrogens with one attached hydrogen (secondary N) is 3. The molecular weight excluding hydrogens is 421 g/mol. The summed E-state index contributed by atoms with van der Waals surface area (Å²) >= 11 is 1.22. The second-order valence-corrected chi connectivity index (χ2v) is 8.37. The molecule has 2 heterocycles. The quantitative estimate of drug-likeness (QED) is 0.536. The molecule has 2 aliphatic rings. The Hall–Kier alpha value is -2.95. The van der Waals surface area contributed by atoms with Gasteiger partial charge >= 0.3 is 0 Å². The number of fused-ring (bicyclic) bond motifs is 1. The Morgan fingerprint density at radius 1 is 1.19 bits per heavy atom. The van der Waals surface area contributed by atoms with Gasteiger partial charge < -0.3 is 21.3 Å². The van der Waals surface area contributed by atoms with Crippen molar-refractivity contribution in [2.45, 2.75) is 24.1 Å². The smallest absolute Gasteiger partial charge is 0.252 e. The summed E-state index contributed by atoms with van der Waals surface area (Å²) in [4.78, 5) is 39.2. The summed E-state index contributed by atoms with van der Waals surface area (Å²) in [6.07, 6.45) is -0.0241. The number of carbonyl (C=O) groups excluding carboxylic acids is 3. The molecule has 162 valence electrons. The molecule has 2 aromatic rings. The second kappa shape index (κ2) is 9.04. The number of anilines is 1. The maximum atomic E-state index is 13.0. The van der Waals surface area contributed by atoms with Crippen LogP contribution in [-0.4, -0.2) is 47.7 Å². The normalized spacial score (nSPS) is 22.6. The number of hydrogen-bond donors (Lipinski definition) is 4. The first-order chi connectivity index (χ1) is 14.9. The molecule has 0 bridgehead atoms. The number of para-hydroxylation sites is 1. The molecule has 31 heavy (non-hydrogen) atoms. The third-order valence-electron chi connectivity index (χ3n) is 5.21. The Labute approximate surface area is 182 Å². The molecule has 10 heteroatoms. The van der Waals surface area contributed by atoms with E-state index in [-0.39, 0.29) is 17.2 Å². The van der Waals surface area contributed by atoms with Gasteiger partial charge in [-0.1, -0.05) is 18.2 Å². The van der Waals surface area contributed by atoms with Gasteiger partial charge in [0.25, 0.3) is 5.91 Å². The van der Waals surface area contributed by atoms with Gasteiger partial charge in [0.15, 0.2) is 0 Å². The Morgan fingerprint density at radius 3 is 2.68 bits per heavy atom. The molecule has 2 aliphatic heterocycles. The fourth-order valence-electron chi connectivity index (χ4n) is 3.60. The maximum Gasteiger partial charge on any atom is 0.252 e. The minimum absolute atomic E-state index is 0.0497. The number of amides is 3. The average molecular weight is 444 g/mol. The molecule has 3 unspecified atom stereocenters. The van der Waals surface area contributed by atoms with E-state index in [0.717, 1.165) is 29.8 Å². The molecule has 3 amide bonds. The van der Waals surface area contributed by atoms with Crippen LogP contribution in [-0.2, 0) is 16.0 Å². The standard InChI is InChI=1S/C21H22FN5O3S/c22-14-7-5-13(6-8-14)19(29)24-17-18(23)25-21(26-20(17)30)31-11-16(28)27-10-9-12-3-1-2-4-15(12)27/h1-8,17-18,21,25H,9-11,23H2,(H,24,29)(H,26,30). The molecule has 0 spiro atoms. The zero-order valence-corrected chi connectivity index (χ0v) is 17.3. The van der Waals surface area contributed by atoms with Crippen LogP contribution in [0.1, 0.15) is 15.9 Å². The molecule has 1 saturated heterocycles. The van der Waals surface area contributed by atoms with Gasteiger partial charge in [-0.15, -0.1) is 11.8 Å². The number of carbonyl (C=O) groups is 3. The van der Waals surface area contributed by atoms with Gasteiger partial charge in [0.05, 0.1) is 11.9 Å². The van der Waals surface area contributed by atoms with E-state index in [1.54, 1.807) is 4.90 Å². The lowest BCUT2D eigenvalue weighted by atomic mass is 10.1. The van der Waals surface area contributed by atoms with Crippen molar-refractivity contribution in [3.8, 4) is 0 Å². The summed E-state index contributed by atoms with van der Waals surface area (Å²) in [7, 11) is 0. The van der Waals surface area contributed by atoms with Crippen LogP contribution in [0.3, 0.4) is 0 Å². The summed E-state index contributed by atoms with van der Waals surface area (Å²) in [5.41, 5.74) is 7.77.